The molecule has 0 saturated carbocycles. The number of ketones is 1. The van der Waals surface area contributed by atoms with E-state index >= 15 is 0 Å². The summed E-state index contributed by atoms with van der Waals surface area (Å²) in [6.45, 7) is 10.2. The highest BCUT2D eigenvalue weighted by Crippen LogP contribution is 2.46. The zero-order valence-electron chi connectivity index (χ0n) is 25.4. The number of thiazole rings is 1. The maximum atomic E-state index is 13.8. The monoisotopic (exact) mass is 618 g/mol. The fourth-order valence-electron chi connectivity index (χ4n) is 5.13. The Morgan fingerprint density at radius 1 is 1.07 bits per heavy atom. The van der Waals surface area contributed by atoms with Crippen molar-refractivity contribution in [1.82, 2.24) is 14.4 Å². The minimum absolute atomic E-state index is 0.110. The van der Waals surface area contributed by atoms with Gasteiger partial charge in [0.15, 0.2) is 22.4 Å². The molecule has 12 heteroatoms. The average Bonchev–Trinajstić information content (AvgIpc) is 3.63. The lowest BCUT2D eigenvalue weighted by molar-refractivity contribution is -0.132. The zero-order valence-corrected chi connectivity index (χ0v) is 26.2. The summed E-state index contributed by atoms with van der Waals surface area (Å²) in [7, 11) is 1.26. The Balaban J connectivity index is 1.72. The summed E-state index contributed by atoms with van der Waals surface area (Å²) in [6.07, 6.45) is 2.57. The van der Waals surface area contributed by atoms with Crippen LogP contribution in [0.2, 0.25) is 0 Å². The largest absolute Gasteiger partial charge is 0.505 e. The number of aliphatic hydroxyl groups is 1. The summed E-state index contributed by atoms with van der Waals surface area (Å²) < 4.78 is 18.5. The van der Waals surface area contributed by atoms with Gasteiger partial charge in [-0.3, -0.25) is 18.9 Å². The number of aliphatic hydroxyl groups excluding tert-OH is 1. The normalized spacial score (nSPS) is 16.2. The van der Waals surface area contributed by atoms with E-state index in [1.807, 2.05) is 13.0 Å². The predicted molar refractivity (Wildman–Crippen MR) is 165 cm³/mol. The van der Waals surface area contributed by atoms with Crippen LogP contribution in [0, 0.1) is 19.8 Å². The lowest BCUT2D eigenvalue weighted by Gasteiger charge is -2.24. The maximum absolute atomic E-state index is 13.8. The van der Waals surface area contributed by atoms with Gasteiger partial charge in [0, 0.05) is 6.20 Å². The molecule has 3 aromatic heterocycles. The molecule has 4 aromatic rings. The first kappa shape index (κ1) is 30.7. The molecule has 0 spiro atoms. The van der Waals surface area contributed by atoms with Crippen LogP contribution in [0.4, 0.5) is 5.13 Å². The molecule has 0 radical (unpaired) electrons. The SMILES string of the molecule is CCOc1cc(C2C(=C(O)c3c(C)nc4ccccn34)C(=O)C(=O)N2c2nc(C)c(C(=O)OC)s2)ccc1OCCC(C)C. The van der Waals surface area contributed by atoms with Crippen LogP contribution in [-0.4, -0.2) is 57.5 Å². The minimum atomic E-state index is -1.11. The van der Waals surface area contributed by atoms with Crippen molar-refractivity contribution in [1.29, 1.82) is 0 Å². The van der Waals surface area contributed by atoms with Gasteiger partial charge in [0.25, 0.3) is 5.78 Å². The fourth-order valence-corrected chi connectivity index (χ4v) is 6.14. The van der Waals surface area contributed by atoms with E-state index in [1.54, 1.807) is 54.8 Å². The predicted octanol–water partition coefficient (Wildman–Crippen LogP) is 5.64. The zero-order chi connectivity index (χ0) is 31.7. The van der Waals surface area contributed by atoms with Crippen LogP contribution in [0.25, 0.3) is 11.4 Å². The van der Waals surface area contributed by atoms with Crippen molar-refractivity contribution < 1.29 is 33.7 Å². The van der Waals surface area contributed by atoms with Crippen LogP contribution >= 0.6 is 11.3 Å². The average molecular weight is 619 g/mol. The molecule has 44 heavy (non-hydrogen) atoms. The van der Waals surface area contributed by atoms with Crippen LogP contribution in [0.5, 0.6) is 11.5 Å². The standard InChI is InChI=1S/C32H34N4O7S/c1-7-42-22-16-20(11-12-21(22)43-15-13-17(2)3)26-24(27(37)25-18(4)33-23-10-8-9-14-35(23)25)28(38)30(39)36(26)32-34-19(5)29(44-32)31(40)41-6/h8-12,14,16-17,26,37H,7,13,15H2,1-6H3. The highest BCUT2D eigenvalue weighted by Gasteiger charge is 2.49. The third-order valence-corrected chi connectivity index (χ3v) is 8.41. The Morgan fingerprint density at radius 3 is 2.55 bits per heavy atom. The van der Waals surface area contributed by atoms with Crippen molar-refractivity contribution in [3.05, 3.63) is 75.7 Å². The molecule has 1 saturated heterocycles. The molecule has 230 valence electrons. The number of benzene rings is 1. The van der Waals surface area contributed by atoms with Crippen molar-refractivity contribution in [2.24, 2.45) is 5.92 Å². The summed E-state index contributed by atoms with van der Waals surface area (Å²) in [5.41, 5.74) is 2.00. The number of carbonyl (C=O) groups is 3. The summed E-state index contributed by atoms with van der Waals surface area (Å²) in [4.78, 5) is 50.4. The van der Waals surface area contributed by atoms with Crippen molar-refractivity contribution in [2.45, 2.75) is 47.1 Å². The number of aryl methyl sites for hydroxylation is 2. The van der Waals surface area contributed by atoms with E-state index in [4.69, 9.17) is 14.2 Å². The molecule has 4 heterocycles. The van der Waals surface area contributed by atoms with E-state index in [9.17, 15) is 19.5 Å². The molecule has 1 fully saturated rings. The fraction of sp³-hybridized carbons (Fsp3) is 0.344. The molecule has 0 aliphatic carbocycles. The summed E-state index contributed by atoms with van der Waals surface area (Å²) in [6, 6.07) is 9.42. The van der Waals surface area contributed by atoms with E-state index in [-0.39, 0.29) is 27.0 Å². The van der Waals surface area contributed by atoms with Crippen LogP contribution in [0.1, 0.15) is 65.6 Å². The Labute approximate surface area is 258 Å². The second kappa shape index (κ2) is 12.5. The van der Waals surface area contributed by atoms with Gasteiger partial charge in [0.05, 0.1) is 43.3 Å². The number of aromatic nitrogens is 3. The molecule has 1 unspecified atom stereocenters. The van der Waals surface area contributed by atoms with Gasteiger partial charge in [0.1, 0.15) is 16.2 Å². The Kier molecular flexibility index (Phi) is 8.73. The van der Waals surface area contributed by atoms with Crippen molar-refractivity contribution in [3.63, 3.8) is 0 Å². The maximum Gasteiger partial charge on any atom is 0.350 e. The van der Waals surface area contributed by atoms with Gasteiger partial charge in [-0.1, -0.05) is 37.3 Å². The molecule has 1 aromatic carbocycles. The number of hydrogen-bond donors (Lipinski definition) is 1. The molecular weight excluding hydrogens is 584 g/mol. The van der Waals surface area contributed by atoms with E-state index in [1.165, 1.54) is 12.0 Å². The highest BCUT2D eigenvalue weighted by molar-refractivity contribution is 7.17. The van der Waals surface area contributed by atoms with Gasteiger partial charge < -0.3 is 19.3 Å². The number of nitrogens with zero attached hydrogens (tertiary/aromatic N) is 4. The van der Waals surface area contributed by atoms with Crippen molar-refractivity contribution >= 4 is 45.5 Å². The Hall–Kier alpha value is -4.71. The van der Waals surface area contributed by atoms with Crippen LogP contribution in [-0.2, 0) is 14.3 Å². The first-order valence-corrected chi connectivity index (χ1v) is 15.1. The first-order chi connectivity index (χ1) is 21.1. The minimum Gasteiger partial charge on any atom is -0.505 e. The summed E-state index contributed by atoms with van der Waals surface area (Å²) >= 11 is 0.931. The number of hydrogen-bond acceptors (Lipinski definition) is 10. The third kappa shape index (κ3) is 5.52. The Bertz CT molecular complexity index is 1790. The van der Waals surface area contributed by atoms with Crippen LogP contribution < -0.4 is 14.4 Å². The van der Waals surface area contributed by atoms with Gasteiger partial charge in [-0.25, -0.2) is 14.8 Å². The number of Topliss-reactive ketones (excluding diaryl/α,β-unsaturated/α-hetero) is 1. The third-order valence-electron chi connectivity index (χ3n) is 7.27. The quantitative estimate of drug-likeness (QED) is 0.104. The number of ether oxygens (including phenoxy) is 3. The smallest absolute Gasteiger partial charge is 0.350 e. The number of rotatable bonds is 10. The van der Waals surface area contributed by atoms with E-state index in [0.717, 1.165) is 17.8 Å². The highest BCUT2D eigenvalue weighted by atomic mass is 32.1. The number of esters is 1. The van der Waals surface area contributed by atoms with E-state index < -0.39 is 23.7 Å². The number of amides is 1. The number of carbonyl (C=O) groups excluding carboxylic acids is 3. The molecule has 1 atom stereocenters. The van der Waals surface area contributed by atoms with Gasteiger partial charge in [-0.15, -0.1) is 0 Å². The Morgan fingerprint density at radius 2 is 1.84 bits per heavy atom. The van der Waals surface area contributed by atoms with Gasteiger partial charge in [-0.05, 0) is 62.9 Å². The molecule has 11 nitrogen and oxygen atoms in total. The van der Waals surface area contributed by atoms with Crippen molar-refractivity contribution in [3.8, 4) is 11.5 Å². The van der Waals surface area contributed by atoms with E-state index in [2.05, 4.69) is 23.8 Å². The lowest BCUT2D eigenvalue weighted by atomic mass is 9.96. The number of fused-ring (bicyclic) bond motifs is 1. The summed E-state index contributed by atoms with van der Waals surface area (Å²) in [5.74, 6) is -1.40. The van der Waals surface area contributed by atoms with Gasteiger partial charge in [0.2, 0.25) is 0 Å². The number of pyridine rings is 1. The number of imidazole rings is 1. The number of methoxy groups -OCH3 is 1. The summed E-state index contributed by atoms with van der Waals surface area (Å²) in [5, 5.41) is 11.9. The molecule has 0 bridgehead atoms. The molecule has 5 rings (SSSR count). The molecular formula is C32H34N4O7S. The molecule has 1 aliphatic rings. The number of anilines is 1. The second-order valence-electron chi connectivity index (χ2n) is 10.7. The van der Waals surface area contributed by atoms with E-state index in [0.29, 0.717) is 53.2 Å². The molecule has 1 aliphatic heterocycles. The molecule has 1 amide bonds. The topological polar surface area (TPSA) is 133 Å². The lowest BCUT2D eigenvalue weighted by Crippen LogP contribution is -2.29. The van der Waals surface area contributed by atoms with Gasteiger partial charge in [-0.2, -0.15) is 0 Å². The van der Waals surface area contributed by atoms with Crippen LogP contribution in [0.3, 0.4) is 0 Å². The molecule has 1 N–H and O–H groups in total. The van der Waals surface area contributed by atoms with Crippen molar-refractivity contribution in [2.75, 3.05) is 25.2 Å². The first-order valence-electron chi connectivity index (χ1n) is 14.3. The van der Waals surface area contributed by atoms with Crippen LogP contribution in [0.15, 0.2) is 48.2 Å². The van der Waals surface area contributed by atoms with Gasteiger partial charge >= 0.3 is 11.9 Å². The second-order valence-corrected chi connectivity index (χ2v) is 11.7.